The number of rotatable bonds is 2. The quantitative estimate of drug-likeness (QED) is 0.742. The molecule has 2 heterocycles. The van der Waals surface area contributed by atoms with Crippen LogP contribution in [0.3, 0.4) is 0 Å². The normalized spacial score (nSPS) is 10.8. The Morgan fingerprint density at radius 3 is 2.79 bits per heavy atom. The molecule has 0 N–H and O–H groups in total. The molecular weight excluding hydrogens is 220 g/mol. The molecule has 0 bridgehead atoms. The third-order valence-corrected chi connectivity index (χ3v) is 2.99. The summed E-state index contributed by atoms with van der Waals surface area (Å²) in [6.45, 7) is 3.99. The summed E-state index contributed by atoms with van der Waals surface area (Å²) in [4.78, 5) is 5.51. The largest absolute Gasteiger partial charge is 0.354 e. The summed E-state index contributed by atoms with van der Waals surface area (Å²) < 4.78 is 5.15. The second-order valence-electron chi connectivity index (χ2n) is 2.95. The summed E-state index contributed by atoms with van der Waals surface area (Å²) in [5, 5.41) is 4.85. The smallest absolute Gasteiger partial charge is 0.186 e. The monoisotopic (exact) mass is 228 g/mol. The van der Waals surface area contributed by atoms with E-state index in [2.05, 4.69) is 10.1 Å². The molecule has 0 aliphatic heterocycles. The summed E-state index contributed by atoms with van der Waals surface area (Å²) in [5.41, 5.74) is 1.61. The van der Waals surface area contributed by atoms with Crippen molar-refractivity contribution in [3.05, 3.63) is 21.6 Å². The molecule has 14 heavy (non-hydrogen) atoms. The zero-order valence-corrected chi connectivity index (χ0v) is 9.45. The summed E-state index contributed by atoms with van der Waals surface area (Å²) in [6, 6.07) is 1.83. The maximum atomic E-state index is 5.63. The molecule has 5 heteroatoms. The van der Waals surface area contributed by atoms with E-state index >= 15 is 0 Å². The molecule has 0 aromatic carbocycles. The number of nitrogens with zero attached hydrogens (tertiary/aromatic N) is 2. The first-order valence-corrected chi connectivity index (χ1v) is 5.51. The van der Waals surface area contributed by atoms with E-state index in [0.29, 0.717) is 11.6 Å². The van der Waals surface area contributed by atoms with Crippen LogP contribution in [0.1, 0.15) is 15.6 Å². The van der Waals surface area contributed by atoms with Crippen LogP contribution in [0.2, 0.25) is 0 Å². The average molecular weight is 229 g/mol. The van der Waals surface area contributed by atoms with Gasteiger partial charge in [-0.15, -0.1) is 22.9 Å². The molecule has 0 fully saturated rings. The molecule has 0 radical (unpaired) electrons. The minimum atomic E-state index is 0.367. The summed E-state index contributed by atoms with van der Waals surface area (Å²) in [7, 11) is 0. The van der Waals surface area contributed by atoms with Gasteiger partial charge in [-0.05, 0) is 13.8 Å². The molecule has 3 nitrogen and oxygen atoms in total. The Morgan fingerprint density at radius 1 is 1.50 bits per heavy atom. The van der Waals surface area contributed by atoms with E-state index in [-0.39, 0.29) is 0 Å². The van der Waals surface area contributed by atoms with Gasteiger partial charge in [-0.1, -0.05) is 5.16 Å². The van der Waals surface area contributed by atoms with E-state index in [4.69, 9.17) is 16.1 Å². The van der Waals surface area contributed by atoms with Gasteiger partial charge < -0.3 is 4.52 Å². The van der Waals surface area contributed by atoms with Crippen LogP contribution in [0.15, 0.2) is 10.6 Å². The van der Waals surface area contributed by atoms with Crippen LogP contribution in [0, 0.1) is 13.8 Å². The van der Waals surface area contributed by atoms with Crippen molar-refractivity contribution in [2.75, 3.05) is 0 Å². The fraction of sp³-hybridized carbons (Fsp3) is 0.333. The maximum absolute atomic E-state index is 5.63. The molecule has 74 valence electrons. The molecule has 2 aromatic heterocycles. The molecule has 0 saturated heterocycles. The van der Waals surface area contributed by atoms with Crippen molar-refractivity contribution in [2.45, 2.75) is 19.7 Å². The molecule has 2 rings (SSSR count). The van der Waals surface area contributed by atoms with Crippen LogP contribution in [0.5, 0.6) is 0 Å². The summed E-state index contributed by atoms with van der Waals surface area (Å²) in [6.07, 6.45) is 0. The first-order valence-electron chi connectivity index (χ1n) is 4.16. The minimum Gasteiger partial charge on any atom is -0.354 e. The van der Waals surface area contributed by atoms with Gasteiger partial charge in [0.1, 0.15) is 5.69 Å². The number of thiazole rings is 1. The minimum absolute atomic E-state index is 0.367. The van der Waals surface area contributed by atoms with E-state index in [0.717, 1.165) is 21.3 Å². The Bertz CT molecular complexity index is 449. The Balaban J connectivity index is 2.43. The van der Waals surface area contributed by atoms with Crippen LogP contribution in [-0.2, 0) is 5.88 Å². The summed E-state index contributed by atoms with van der Waals surface area (Å²) >= 11 is 7.28. The highest BCUT2D eigenvalue weighted by Gasteiger charge is 2.12. The Kier molecular flexibility index (Phi) is 2.56. The van der Waals surface area contributed by atoms with Gasteiger partial charge in [0, 0.05) is 10.9 Å². The number of aryl methyl sites for hydroxylation is 2. The van der Waals surface area contributed by atoms with Crippen molar-refractivity contribution in [1.82, 2.24) is 10.1 Å². The zero-order chi connectivity index (χ0) is 10.1. The van der Waals surface area contributed by atoms with Crippen LogP contribution >= 0.6 is 22.9 Å². The van der Waals surface area contributed by atoms with E-state index in [1.54, 1.807) is 11.3 Å². The van der Waals surface area contributed by atoms with E-state index in [1.807, 2.05) is 19.9 Å². The number of alkyl halides is 1. The Hall–Kier alpha value is -0.870. The maximum Gasteiger partial charge on any atom is 0.186 e. The Labute approximate surface area is 90.7 Å². The second kappa shape index (κ2) is 3.71. The predicted molar refractivity (Wildman–Crippen MR) is 56.6 cm³/mol. The van der Waals surface area contributed by atoms with Crippen molar-refractivity contribution in [3.8, 4) is 11.5 Å². The van der Waals surface area contributed by atoms with Gasteiger partial charge in [0.15, 0.2) is 5.76 Å². The lowest BCUT2D eigenvalue weighted by atomic mass is 10.3. The molecule has 0 unspecified atom stereocenters. The van der Waals surface area contributed by atoms with Crippen molar-refractivity contribution in [3.63, 3.8) is 0 Å². The highest BCUT2D eigenvalue weighted by molar-refractivity contribution is 7.11. The highest BCUT2D eigenvalue weighted by atomic mass is 35.5. The highest BCUT2D eigenvalue weighted by Crippen LogP contribution is 2.27. The third-order valence-electron chi connectivity index (χ3n) is 1.83. The number of hydrogen-bond donors (Lipinski definition) is 0. The van der Waals surface area contributed by atoms with Crippen LogP contribution < -0.4 is 0 Å². The zero-order valence-electron chi connectivity index (χ0n) is 7.87. The van der Waals surface area contributed by atoms with Gasteiger partial charge in [0.05, 0.1) is 16.6 Å². The standard InChI is InChI=1S/C9H9ClN2OS/c1-5-9(11-6(2)14-5)8-3-7(4-10)12-13-8/h3H,4H2,1-2H3. The van der Waals surface area contributed by atoms with E-state index < -0.39 is 0 Å². The fourth-order valence-electron chi connectivity index (χ4n) is 1.24. The summed E-state index contributed by atoms with van der Waals surface area (Å²) in [5.74, 6) is 1.06. The molecule has 2 aromatic rings. The van der Waals surface area contributed by atoms with Crippen LogP contribution in [0.25, 0.3) is 11.5 Å². The molecule has 0 spiro atoms. The second-order valence-corrected chi connectivity index (χ2v) is 4.63. The first-order chi connectivity index (χ1) is 6.70. The van der Waals surface area contributed by atoms with Gasteiger partial charge >= 0.3 is 0 Å². The molecule has 0 aliphatic rings. The van der Waals surface area contributed by atoms with Crippen molar-refractivity contribution in [2.24, 2.45) is 0 Å². The van der Waals surface area contributed by atoms with Gasteiger partial charge in [0.2, 0.25) is 0 Å². The fourth-order valence-corrected chi connectivity index (χ4v) is 2.19. The van der Waals surface area contributed by atoms with Crippen molar-refractivity contribution < 1.29 is 4.52 Å². The molecule has 0 aliphatic carbocycles. The van der Waals surface area contributed by atoms with Crippen molar-refractivity contribution >= 4 is 22.9 Å². The van der Waals surface area contributed by atoms with Gasteiger partial charge in [-0.25, -0.2) is 4.98 Å². The number of halogens is 1. The molecule has 0 saturated carbocycles. The number of hydrogen-bond acceptors (Lipinski definition) is 4. The van der Waals surface area contributed by atoms with Gasteiger partial charge in [-0.3, -0.25) is 0 Å². The first kappa shape index (κ1) is 9.68. The van der Waals surface area contributed by atoms with Crippen LogP contribution in [0.4, 0.5) is 0 Å². The van der Waals surface area contributed by atoms with Crippen molar-refractivity contribution in [1.29, 1.82) is 0 Å². The topological polar surface area (TPSA) is 38.9 Å². The lowest BCUT2D eigenvalue weighted by molar-refractivity contribution is 0.425. The van der Waals surface area contributed by atoms with Gasteiger partial charge in [-0.2, -0.15) is 0 Å². The molecule has 0 amide bonds. The van der Waals surface area contributed by atoms with E-state index in [1.165, 1.54) is 0 Å². The predicted octanol–water partition coefficient (Wildman–Crippen LogP) is 3.15. The lowest BCUT2D eigenvalue weighted by Gasteiger charge is -1.88. The Morgan fingerprint density at radius 2 is 2.29 bits per heavy atom. The molecule has 0 atom stereocenters. The number of aromatic nitrogens is 2. The lowest BCUT2D eigenvalue weighted by Crippen LogP contribution is -1.76. The SMILES string of the molecule is Cc1nc(-c2cc(CCl)no2)c(C)s1. The van der Waals surface area contributed by atoms with E-state index in [9.17, 15) is 0 Å². The van der Waals surface area contributed by atoms with Gasteiger partial charge in [0.25, 0.3) is 0 Å². The average Bonchev–Trinajstić information content (AvgIpc) is 2.71. The van der Waals surface area contributed by atoms with Crippen LogP contribution in [-0.4, -0.2) is 10.1 Å². The third kappa shape index (κ3) is 1.67. The molecular formula is C9H9ClN2OS.